The Hall–Kier alpha value is -4.75. The number of rotatable bonds is 4. The number of hydrogen-bond acceptors (Lipinski definition) is 1. The highest BCUT2D eigenvalue weighted by molar-refractivity contribution is 6.18. The van der Waals surface area contributed by atoms with Gasteiger partial charge in [-0.05, 0) is 104 Å². The number of aliphatic imine (C=N–C) groups is 1. The van der Waals surface area contributed by atoms with Gasteiger partial charge in [-0.3, -0.25) is 4.99 Å². The number of nitrogens with zero attached hydrogens (tertiary/aromatic N) is 1. The van der Waals surface area contributed by atoms with Crippen LogP contribution in [-0.4, -0.2) is 5.71 Å². The Morgan fingerprint density at radius 3 is 2.05 bits per heavy atom. The lowest BCUT2D eigenvalue weighted by molar-refractivity contribution is 0.628. The van der Waals surface area contributed by atoms with Crippen LogP contribution in [0, 0.1) is 0 Å². The van der Waals surface area contributed by atoms with Crippen molar-refractivity contribution < 1.29 is 0 Å². The van der Waals surface area contributed by atoms with Crippen LogP contribution >= 0.6 is 0 Å². The van der Waals surface area contributed by atoms with Gasteiger partial charge in [-0.2, -0.15) is 0 Å². The molecule has 1 atom stereocenters. The molecule has 1 heteroatoms. The van der Waals surface area contributed by atoms with Gasteiger partial charge in [0.15, 0.2) is 0 Å². The van der Waals surface area contributed by atoms with Gasteiger partial charge in [0.05, 0.1) is 5.69 Å². The molecule has 6 aromatic carbocycles. The molecule has 0 N–H and O–H groups in total. The summed E-state index contributed by atoms with van der Waals surface area (Å²) >= 11 is 0. The molecule has 0 amide bonds. The van der Waals surface area contributed by atoms with Crippen LogP contribution in [0.25, 0.3) is 55.3 Å². The minimum atomic E-state index is 0.535. The minimum absolute atomic E-state index is 0.535. The highest BCUT2D eigenvalue weighted by Gasteiger charge is 2.23. The van der Waals surface area contributed by atoms with Crippen molar-refractivity contribution in [2.75, 3.05) is 0 Å². The van der Waals surface area contributed by atoms with Gasteiger partial charge in [-0.1, -0.05) is 122 Å². The molecule has 0 aromatic heterocycles. The average Bonchev–Trinajstić information content (AvgIpc) is 3.24. The molecule has 1 aliphatic carbocycles. The van der Waals surface area contributed by atoms with Crippen LogP contribution in [0.3, 0.4) is 0 Å². The summed E-state index contributed by atoms with van der Waals surface area (Å²) in [5, 5.41) is 2.69. The topological polar surface area (TPSA) is 12.4 Å². The second-order valence-electron chi connectivity index (χ2n) is 11.4. The third-order valence-electron chi connectivity index (χ3n) is 9.11. The van der Waals surface area contributed by atoms with Crippen LogP contribution in [0.5, 0.6) is 0 Å². The molecule has 1 unspecified atom stereocenters. The van der Waals surface area contributed by atoms with E-state index in [9.17, 15) is 0 Å². The second-order valence-corrected chi connectivity index (χ2v) is 11.4. The van der Waals surface area contributed by atoms with Crippen molar-refractivity contribution in [1.29, 1.82) is 0 Å². The molecule has 41 heavy (non-hydrogen) atoms. The third kappa shape index (κ3) is 3.96. The predicted octanol–water partition coefficient (Wildman–Crippen LogP) is 11.2. The lowest BCUT2D eigenvalue weighted by Gasteiger charge is -2.16. The summed E-state index contributed by atoms with van der Waals surface area (Å²) in [5.41, 5.74) is 15.3. The van der Waals surface area contributed by atoms with Crippen LogP contribution in [0.4, 0.5) is 5.69 Å². The highest BCUT2D eigenvalue weighted by atomic mass is 14.8. The highest BCUT2D eigenvalue weighted by Crippen LogP contribution is 2.49. The first-order chi connectivity index (χ1) is 20.3. The van der Waals surface area contributed by atoms with Gasteiger partial charge in [0, 0.05) is 5.71 Å². The Morgan fingerprint density at radius 2 is 1.22 bits per heavy atom. The Morgan fingerprint density at radius 1 is 0.561 bits per heavy atom. The van der Waals surface area contributed by atoms with Crippen molar-refractivity contribution in [2.45, 2.75) is 32.1 Å². The van der Waals surface area contributed by atoms with E-state index in [1.54, 1.807) is 0 Å². The standard InChI is InChI=1S/C40H31N/c1-2-26-19-23-38(27-10-4-3-5-11-27)41-39-25-29(18-20-32(26)39)28-12-8-13-30(24-28)31-21-22-37-34-15-7-6-14-33(34)36-17-9-16-35(31)40(36)37/h3-18,20-22,24-26H,2,19,23H2,1H3. The van der Waals surface area contributed by atoms with E-state index in [-0.39, 0.29) is 0 Å². The summed E-state index contributed by atoms with van der Waals surface area (Å²) in [6.07, 6.45) is 3.28. The fourth-order valence-corrected chi connectivity index (χ4v) is 7.02. The normalized spacial score (nSPS) is 15.2. The van der Waals surface area contributed by atoms with Gasteiger partial charge >= 0.3 is 0 Å². The van der Waals surface area contributed by atoms with Crippen molar-refractivity contribution in [3.05, 3.63) is 139 Å². The molecule has 6 aromatic rings. The summed E-state index contributed by atoms with van der Waals surface area (Å²) in [6, 6.07) is 46.8. The van der Waals surface area contributed by atoms with E-state index in [4.69, 9.17) is 4.99 Å². The first-order valence-corrected chi connectivity index (χ1v) is 14.8. The lowest BCUT2D eigenvalue weighted by atomic mass is 9.88. The molecule has 0 fully saturated rings. The zero-order chi connectivity index (χ0) is 27.3. The zero-order valence-electron chi connectivity index (χ0n) is 23.3. The van der Waals surface area contributed by atoms with E-state index in [2.05, 4.69) is 134 Å². The van der Waals surface area contributed by atoms with Crippen molar-refractivity contribution in [2.24, 2.45) is 4.99 Å². The van der Waals surface area contributed by atoms with Gasteiger partial charge in [0.1, 0.15) is 0 Å². The maximum absolute atomic E-state index is 5.28. The minimum Gasteiger partial charge on any atom is -0.253 e. The second kappa shape index (κ2) is 9.71. The molecular weight excluding hydrogens is 494 g/mol. The van der Waals surface area contributed by atoms with E-state index in [0.29, 0.717) is 5.92 Å². The summed E-state index contributed by atoms with van der Waals surface area (Å²) in [7, 11) is 0. The quantitative estimate of drug-likeness (QED) is 0.217. The molecule has 8 rings (SSSR count). The van der Waals surface area contributed by atoms with Gasteiger partial charge in [-0.25, -0.2) is 0 Å². The van der Waals surface area contributed by atoms with Crippen LogP contribution in [0.15, 0.2) is 132 Å². The molecule has 0 saturated carbocycles. The van der Waals surface area contributed by atoms with E-state index in [0.717, 1.165) is 24.9 Å². The van der Waals surface area contributed by atoms with E-state index < -0.39 is 0 Å². The number of hydrogen-bond donors (Lipinski definition) is 0. The Bertz CT molecular complexity index is 1950. The van der Waals surface area contributed by atoms with Gasteiger partial charge in [-0.15, -0.1) is 0 Å². The van der Waals surface area contributed by atoms with E-state index >= 15 is 0 Å². The Balaban J connectivity index is 1.23. The summed E-state index contributed by atoms with van der Waals surface area (Å²) < 4.78 is 0. The molecule has 196 valence electrons. The summed E-state index contributed by atoms with van der Waals surface area (Å²) in [6.45, 7) is 2.30. The van der Waals surface area contributed by atoms with Crippen LogP contribution in [0.1, 0.15) is 43.2 Å². The van der Waals surface area contributed by atoms with Gasteiger partial charge in [0.2, 0.25) is 0 Å². The first-order valence-electron chi connectivity index (χ1n) is 14.8. The number of benzene rings is 6. The fourth-order valence-electron chi connectivity index (χ4n) is 7.02. The monoisotopic (exact) mass is 525 g/mol. The van der Waals surface area contributed by atoms with Crippen LogP contribution < -0.4 is 0 Å². The Kier molecular flexibility index (Phi) is 5.70. The van der Waals surface area contributed by atoms with Crippen molar-refractivity contribution in [3.63, 3.8) is 0 Å². The SMILES string of the molecule is CCC1CCC(c2ccccc2)=Nc2cc(-c3cccc(-c4ccc5c6c(cccc46)-c4ccccc4-5)c3)ccc21. The first kappa shape index (κ1) is 24.1. The van der Waals surface area contributed by atoms with Gasteiger partial charge < -0.3 is 0 Å². The lowest BCUT2D eigenvalue weighted by Crippen LogP contribution is -2.01. The molecule has 1 aliphatic heterocycles. The Labute approximate surface area is 241 Å². The molecule has 0 bridgehead atoms. The van der Waals surface area contributed by atoms with Crippen LogP contribution in [0.2, 0.25) is 0 Å². The molecule has 0 radical (unpaired) electrons. The molecule has 2 aliphatic rings. The smallest absolute Gasteiger partial charge is 0.0674 e. The van der Waals surface area contributed by atoms with E-state index in [1.165, 1.54) is 72.1 Å². The molecule has 1 nitrogen and oxygen atoms in total. The maximum Gasteiger partial charge on any atom is 0.0674 e. The summed E-state index contributed by atoms with van der Waals surface area (Å²) in [5.74, 6) is 0.535. The van der Waals surface area contributed by atoms with Crippen LogP contribution in [-0.2, 0) is 0 Å². The molecule has 0 saturated heterocycles. The number of fused-ring (bicyclic) bond motifs is 4. The maximum atomic E-state index is 5.28. The molecule has 0 spiro atoms. The summed E-state index contributed by atoms with van der Waals surface area (Å²) in [4.78, 5) is 5.28. The predicted molar refractivity (Wildman–Crippen MR) is 174 cm³/mol. The van der Waals surface area contributed by atoms with E-state index in [1.807, 2.05) is 0 Å². The van der Waals surface area contributed by atoms with Gasteiger partial charge in [0.25, 0.3) is 0 Å². The fraction of sp³-hybridized carbons (Fsp3) is 0.125. The third-order valence-corrected chi connectivity index (χ3v) is 9.11. The van der Waals surface area contributed by atoms with Crippen molar-refractivity contribution in [3.8, 4) is 44.5 Å². The average molecular weight is 526 g/mol. The van der Waals surface area contributed by atoms with Crippen molar-refractivity contribution >= 4 is 22.2 Å². The largest absolute Gasteiger partial charge is 0.253 e. The van der Waals surface area contributed by atoms with Crippen molar-refractivity contribution in [1.82, 2.24) is 0 Å². The zero-order valence-corrected chi connectivity index (χ0v) is 23.3. The molecule has 1 heterocycles. The molecular formula is C40H31N.